The molecule has 0 fully saturated rings. The molecule has 88 valence electrons. The largest absolute Gasteiger partial charge is 0.872 e. The third kappa shape index (κ3) is 8.23. The Morgan fingerprint density at radius 1 is 0.500 bits per heavy atom. The summed E-state index contributed by atoms with van der Waals surface area (Å²) in [6, 6.07) is 16.7. The first-order valence-electron chi connectivity index (χ1n) is 4.23. The first kappa shape index (κ1) is 17.3. The van der Waals surface area contributed by atoms with E-state index in [0.29, 0.717) is 0 Å². The van der Waals surface area contributed by atoms with Crippen LogP contribution in [0.3, 0.4) is 0 Å². The second-order valence-electron chi connectivity index (χ2n) is 2.63. The first-order chi connectivity index (χ1) is 6.79. The van der Waals surface area contributed by atoms with E-state index in [2.05, 4.69) is 0 Å². The summed E-state index contributed by atoms with van der Waals surface area (Å²) < 4.78 is 0. The van der Waals surface area contributed by atoms with Crippen molar-refractivity contribution in [2.45, 2.75) is 0 Å². The van der Waals surface area contributed by atoms with Crippen LogP contribution in [-0.2, 0) is 0 Å². The smallest absolute Gasteiger partial charge is 0.0395 e. The van der Waals surface area contributed by atoms with Crippen molar-refractivity contribution in [2.75, 3.05) is 0 Å². The van der Waals surface area contributed by atoms with Gasteiger partial charge in [-0.3, -0.25) is 0 Å². The number of hydrogen-bond donors (Lipinski definition) is 0. The summed E-state index contributed by atoms with van der Waals surface area (Å²) in [7, 11) is 0. The third-order valence-corrected chi connectivity index (χ3v) is 1.49. The van der Waals surface area contributed by atoms with Crippen LogP contribution in [0.25, 0.3) is 0 Å². The topological polar surface area (TPSA) is 46.1 Å². The van der Waals surface area contributed by atoms with Crippen molar-refractivity contribution < 1.29 is 10.2 Å². The number of benzene rings is 2. The van der Waals surface area contributed by atoms with Crippen molar-refractivity contribution in [2.24, 2.45) is 0 Å². The van der Waals surface area contributed by atoms with E-state index in [9.17, 15) is 10.2 Å². The molecule has 0 aliphatic rings. The molecule has 0 heterocycles. The van der Waals surface area contributed by atoms with Gasteiger partial charge in [0.2, 0.25) is 0 Å². The van der Waals surface area contributed by atoms with E-state index in [-0.39, 0.29) is 31.3 Å². The molecule has 0 radical (unpaired) electrons. The van der Waals surface area contributed by atoms with Crippen LogP contribution >= 0.6 is 19.8 Å². The number of para-hydroxylation sites is 2. The molecular weight excluding hydrogens is 238 g/mol. The molecular formula is C12H18O2P2. The highest BCUT2D eigenvalue weighted by Gasteiger charge is 1.65. The summed E-state index contributed by atoms with van der Waals surface area (Å²) in [6.07, 6.45) is 0. The van der Waals surface area contributed by atoms with Crippen molar-refractivity contribution >= 4 is 19.8 Å². The fourth-order valence-electron chi connectivity index (χ4n) is 0.841. The maximum absolute atomic E-state index is 10.3. The predicted octanol–water partition coefficient (Wildman–Crippen LogP) is 1.10. The van der Waals surface area contributed by atoms with Gasteiger partial charge in [0.25, 0.3) is 0 Å². The van der Waals surface area contributed by atoms with Crippen LogP contribution in [0, 0.1) is 0 Å². The number of rotatable bonds is 0. The van der Waals surface area contributed by atoms with Gasteiger partial charge in [0, 0.05) is 0 Å². The van der Waals surface area contributed by atoms with Gasteiger partial charge in [0.05, 0.1) is 0 Å². The zero-order valence-corrected chi connectivity index (χ0v) is 13.6. The highest BCUT2D eigenvalue weighted by atomic mass is 31.0. The van der Waals surface area contributed by atoms with E-state index in [1.54, 1.807) is 24.3 Å². The van der Waals surface area contributed by atoms with Gasteiger partial charge in [-0.15, -0.1) is 11.5 Å². The molecule has 2 aromatic carbocycles. The highest BCUT2D eigenvalue weighted by molar-refractivity contribution is 6.92. The molecule has 0 saturated carbocycles. The Morgan fingerprint density at radius 2 is 0.750 bits per heavy atom. The quantitative estimate of drug-likeness (QED) is 0.663. The molecule has 0 aliphatic carbocycles. The summed E-state index contributed by atoms with van der Waals surface area (Å²) >= 11 is 0. The summed E-state index contributed by atoms with van der Waals surface area (Å²) in [5.74, 6) is 0.144. The lowest BCUT2D eigenvalue weighted by atomic mass is 10.3. The molecule has 16 heavy (non-hydrogen) atoms. The Hall–Kier alpha value is -1.10. The Kier molecular flexibility index (Phi) is 11.3. The molecule has 2 aromatic rings. The number of hydrogen-bond acceptors (Lipinski definition) is 2. The molecule has 0 saturated heterocycles. The van der Waals surface area contributed by atoms with Gasteiger partial charge in [0.1, 0.15) is 0 Å². The Bertz CT molecular complexity index is 314. The zero-order chi connectivity index (χ0) is 10.2. The predicted molar refractivity (Wildman–Crippen MR) is 76.8 cm³/mol. The lowest BCUT2D eigenvalue weighted by Gasteiger charge is -1.98. The summed E-state index contributed by atoms with van der Waals surface area (Å²) in [5.41, 5.74) is 0. The average molecular weight is 256 g/mol. The van der Waals surface area contributed by atoms with Crippen molar-refractivity contribution in [3.8, 4) is 11.5 Å². The SMILES string of the molecule is [O-]c1ccccc1.[O-]c1ccccc1.[PH4+].[PH4+]. The molecule has 4 heteroatoms. The van der Waals surface area contributed by atoms with Crippen LogP contribution in [0.15, 0.2) is 60.7 Å². The molecule has 0 aromatic heterocycles. The van der Waals surface area contributed by atoms with E-state index >= 15 is 0 Å². The molecule has 2 atom stereocenters. The second-order valence-corrected chi connectivity index (χ2v) is 2.63. The molecule has 0 N–H and O–H groups in total. The van der Waals surface area contributed by atoms with Crippen LogP contribution in [-0.4, -0.2) is 0 Å². The van der Waals surface area contributed by atoms with Gasteiger partial charge in [-0.05, 0) is 19.8 Å². The fourth-order valence-corrected chi connectivity index (χ4v) is 0.841. The third-order valence-electron chi connectivity index (χ3n) is 1.49. The second kappa shape index (κ2) is 10.4. The minimum absolute atomic E-state index is 0. The Morgan fingerprint density at radius 3 is 0.875 bits per heavy atom. The Labute approximate surface area is 103 Å². The van der Waals surface area contributed by atoms with Crippen molar-refractivity contribution in [3.05, 3.63) is 60.7 Å². The molecule has 0 bridgehead atoms. The minimum atomic E-state index is 0. The molecule has 0 aliphatic heterocycles. The summed E-state index contributed by atoms with van der Waals surface area (Å²) in [4.78, 5) is 0. The standard InChI is InChI=1S/2C6H6O.2H3P/c2*7-6-4-2-1-3-5-6;;/h2*1-5,7H;2*1H3. The van der Waals surface area contributed by atoms with Crippen molar-refractivity contribution in [1.82, 2.24) is 0 Å². The van der Waals surface area contributed by atoms with Crippen LogP contribution in [0.5, 0.6) is 11.5 Å². The fraction of sp³-hybridized carbons (Fsp3) is 0. The van der Waals surface area contributed by atoms with E-state index in [0.717, 1.165) is 0 Å². The lowest BCUT2D eigenvalue weighted by molar-refractivity contribution is -0.269. The van der Waals surface area contributed by atoms with Gasteiger partial charge in [-0.25, -0.2) is 0 Å². The summed E-state index contributed by atoms with van der Waals surface area (Å²) in [5, 5.41) is 20.5. The van der Waals surface area contributed by atoms with Gasteiger partial charge in [-0.1, -0.05) is 60.7 Å². The van der Waals surface area contributed by atoms with Crippen LogP contribution < -0.4 is 10.2 Å². The summed E-state index contributed by atoms with van der Waals surface area (Å²) in [6.45, 7) is 0. The van der Waals surface area contributed by atoms with Crippen LogP contribution in [0.4, 0.5) is 0 Å². The van der Waals surface area contributed by atoms with E-state index in [1.165, 1.54) is 24.3 Å². The van der Waals surface area contributed by atoms with Gasteiger partial charge < -0.3 is 10.2 Å². The van der Waals surface area contributed by atoms with Crippen LogP contribution in [0.2, 0.25) is 0 Å². The van der Waals surface area contributed by atoms with Gasteiger partial charge in [0.15, 0.2) is 0 Å². The lowest BCUT2D eigenvalue weighted by Crippen LogP contribution is -1.85. The molecule has 2 unspecified atom stereocenters. The monoisotopic (exact) mass is 256 g/mol. The average Bonchev–Trinajstić information content (AvgIpc) is 2.21. The molecule has 0 spiro atoms. The Balaban J connectivity index is 0. The maximum Gasteiger partial charge on any atom is -0.0395 e. The first-order valence-corrected chi connectivity index (χ1v) is 4.23. The van der Waals surface area contributed by atoms with Crippen LogP contribution in [0.1, 0.15) is 0 Å². The van der Waals surface area contributed by atoms with Crippen molar-refractivity contribution in [1.29, 1.82) is 0 Å². The molecule has 2 nitrogen and oxygen atoms in total. The van der Waals surface area contributed by atoms with E-state index < -0.39 is 0 Å². The van der Waals surface area contributed by atoms with Crippen molar-refractivity contribution in [3.63, 3.8) is 0 Å². The zero-order valence-electron chi connectivity index (χ0n) is 9.59. The molecule has 2 rings (SSSR count). The van der Waals surface area contributed by atoms with Gasteiger partial charge in [-0.2, -0.15) is 0 Å². The van der Waals surface area contributed by atoms with Gasteiger partial charge >= 0.3 is 0 Å². The maximum atomic E-state index is 10.3. The molecule has 0 amide bonds. The van der Waals surface area contributed by atoms with E-state index in [1.807, 2.05) is 12.1 Å². The minimum Gasteiger partial charge on any atom is -0.872 e. The highest BCUT2D eigenvalue weighted by Crippen LogP contribution is 1.98. The normalized spacial score (nSPS) is 7.50. The van der Waals surface area contributed by atoms with E-state index in [4.69, 9.17) is 0 Å².